The maximum absolute atomic E-state index is 12.5. The SMILES string of the molecule is COC[C@@H]1CCC2(CCN(C(=O)CCOc3ccccc3)CC2)N1C. The number of rotatable bonds is 6. The molecule has 1 amide bonds. The number of carbonyl (C=O) groups excluding carboxylic acids is 1. The predicted octanol–water partition coefficient (Wildman–Crippen LogP) is 2.56. The highest BCUT2D eigenvalue weighted by Crippen LogP contribution is 2.40. The Labute approximate surface area is 150 Å². The Morgan fingerprint density at radius 1 is 1.20 bits per heavy atom. The van der Waals surface area contributed by atoms with Crippen LogP contribution in [-0.2, 0) is 9.53 Å². The maximum atomic E-state index is 12.5. The van der Waals surface area contributed by atoms with Crippen molar-refractivity contribution in [1.82, 2.24) is 9.80 Å². The fraction of sp³-hybridized carbons (Fsp3) is 0.650. The van der Waals surface area contributed by atoms with Gasteiger partial charge in [0.05, 0.1) is 19.6 Å². The highest BCUT2D eigenvalue weighted by atomic mass is 16.5. The zero-order chi connectivity index (χ0) is 17.7. The van der Waals surface area contributed by atoms with E-state index < -0.39 is 0 Å². The van der Waals surface area contributed by atoms with Crippen molar-refractivity contribution in [2.45, 2.75) is 43.7 Å². The van der Waals surface area contributed by atoms with Crippen LogP contribution in [0.4, 0.5) is 0 Å². The number of likely N-dealkylation sites (N-methyl/N-ethyl adjacent to an activating group) is 1. The number of carbonyl (C=O) groups is 1. The highest BCUT2D eigenvalue weighted by Gasteiger charge is 2.45. The first-order valence-corrected chi connectivity index (χ1v) is 9.32. The largest absolute Gasteiger partial charge is 0.493 e. The lowest BCUT2D eigenvalue weighted by Crippen LogP contribution is -2.54. The third-order valence-electron chi connectivity index (χ3n) is 5.97. The number of ether oxygens (including phenoxy) is 2. The van der Waals surface area contributed by atoms with Crippen molar-refractivity contribution in [2.24, 2.45) is 0 Å². The summed E-state index contributed by atoms with van der Waals surface area (Å²) in [6, 6.07) is 10.2. The molecule has 0 aliphatic carbocycles. The summed E-state index contributed by atoms with van der Waals surface area (Å²) in [6.07, 6.45) is 4.99. The third kappa shape index (κ3) is 4.15. The van der Waals surface area contributed by atoms with Crippen LogP contribution in [0.2, 0.25) is 0 Å². The molecule has 3 rings (SSSR count). The van der Waals surface area contributed by atoms with Crippen LogP contribution in [0.15, 0.2) is 30.3 Å². The topological polar surface area (TPSA) is 42.0 Å². The number of piperidine rings is 1. The fourth-order valence-corrected chi connectivity index (χ4v) is 4.29. The number of amides is 1. The molecular formula is C20H30N2O3. The van der Waals surface area contributed by atoms with Gasteiger partial charge in [0.15, 0.2) is 0 Å². The number of nitrogens with zero attached hydrogens (tertiary/aromatic N) is 2. The number of likely N-dealkylation sites (tertiary alicyclic amines) is 2. The summed E-state index contributed by atoms with van der Waals surface area (Å²) < 4.78 is 11.0. The van der Waals surface area contributed by atoms with E-state index in [-0.39, 0.29) is 11.4 Å². The zero-order valence-corrected chi connectivity index (χ0v) is 15.4. The van der Waals surface area contributed by atoms with Crippen LogP contribution >= 0.6 is 0 Å². The van der Waals surface area contributed by atoms with Gasteiger partial charge in [-0.25, -0.2) is 0 Å². The molecule has 138 valence electrons. The Hall–Kier alpha value is -1.59. The molecule has 0 saturated carbocycles. The lowest BCUT2D eigenvalue weighted by molar-refractivity contribution is -0.134. The number of hydrogen-bond donors (Lipinski definition) is 0. The third-order valence-corrected chi connectivity index (χ3v) is 5.97. The average Bonchev–Trinajstić information content (AvgIpc) is 2.93. The summed E-state index contributed by atoms with van der Waals surface area (Å²) in [5.41, 5.74) is 0.264. The molecule has 0 unspecified atom stereocenters. The van der Waals surface area contributed by atoms with Gasteiger partial charge in [-0.15, -0.1) is 0 Å². The molecule has 2 fully saturated rings. The molecule has 2 heterocycles. The first-order chi connectivity index (χ1) is 12.1. The quantitative estimate of drug-likeness (QED) is 0.794. The Kier molecular flexibility index (Phi) is 5.97. The number of methoxy groups -OCH3 is 1. The van der Waals surface area contributed by atoms with Crippen LogP contribution in [0.5, 0.6) is 5.75 Å². The van der Waals surface area contributed by atoms with Crippen molar-refractivity contribution in [1.29, 1.82) is 0 Å². The molecular weight excluding hydrogens is 316 g/mol. The fourth-order valence-electron chi connectivity index (χ4n) is 4.29. The van der Waals surface area contributed by atoms with Crippen molar-refractivity contribution in [3.05, 3.63) is 30.3 Å². The molecule has 0 radical (unpaired) electrons. The van der Waals surface area contributed by atoms with E-state index in [2.05, 4.69) is 11.9 Å². The smallest absolute Gasteiger partial charge is 0.225 e. The van der Waals surface area contributed by atoms with Crippen LogP contribution in [0.3, 0.4) is 0 Å². The lowest BCUT2D eigenvalue weighted by atomic mass is 9.85. The van der Waals surface area contributed by atoms with Gasteiger partial charge in [-0.1, -0.05) is 18.2 Å². The van der Waals surface area contributed by atoms with Crippen LogP contribution in [-0.4, -0.2) is 67.7 Å². The molecule has 2 aliphatic rings. The Morgan fingerprint density at radius 3 is 2.60 bits per heavy atom. The first kappa shape index (κ1) is 18.2. The molecule has 5 nitrogen and oxygen atoms in total. The molecule has 1 aromatic carbocycles. The van der Waals surface area contributed by atoms with Crippen LogP contribution in [0.1, 0.15) is 32.1 Å². The number of para-hydroxylation sites is 1. The van der Waals surface area contributed by atoms with E-state index in [1.807, 2.05) is 35.2 Å². The van der Waals surface area contributed by atoms with Gasteiger partial charge in [0.2, 0.25) is 5.91 Å². The van der Waals surface area contributed by atoms with Crippen molar-refractivity contribution in [2.75, 3.05) is 40.5 Å². The van der Waals surface area contributed by atoms with Crippen molar-refractivity contribution >= 4 is 5.91 Å². The minimum atomic E-state index is 0.208. The first-order valence-electron chi connectivity index (χ1n) is 9.32. The van der Waals surface area contributed by atoms with E-state index in [1.165, 1.54) is 12.8 Å². The summed E-state index contributed by atoms with van der Waals surface area (Å²) in [7, 11) is 4.00. The predicted molar refractivity (Wildman–Crippen MR) is 97.8 cm³/mol. The van der Waals surface area contributed by atoms with Crippen LogP contribution in [0.25, 0.3) is 0 Å². The van der Waals surface area contributed by atoms with Gasteiger partial charge in [-0.2, -0.15) is 0 Å². The second-order valence-corrected chi connectivity index (χ2v) is 7.28. The second-order valence-electron chi connectivity index (χ2n) is 7.28. The molecule has 2 saturated heterocycles. The monoisotopic (exact) mass is 346 g/mol. The molecule has 1 aromatic rings. The molecule has 0 N–H and O–H groups in total. The molecule has 1 atom stereocenters. The van der Waals surface area contributed by atoms with Crippen LogP contribution < -0.4 is 4.74 Å². The van der Waals surface area contributed by atoms with Crippen LogP contribution in [0, 0.1) is 0 Å². The molecule has 2 aliphatic heterocycles. The van der Waals surface area contributed by atoms with Gasteiger partial charge in [0, 0.05) is 31.8 Å². The maximum Gasteiger partial charge on any atom is 0.225 e. The summed E-state index contributed by atoms with van der Waals surface area (Å²) in [4.78, 5) is 17.0. The van der Waals surface area contributed by atoms with Gasteiger partial charge in [-0.05, 0) is 44.9 Å². The number of hydrogen-bond acceptors (Lipinski definition) is 4. The standard InChI is InChI=1S/C20H30N2O3/c1-21-17(16-24-2)8-10-20(21)11-13-22(14-12-20)19(23)9-15-25-18-6-4-3-5-7-18/h3-7,17H,8-16H2,1-2H3/t17-/m0/s1. The summed E-state index contributed by atoms with van der Waals surface area (Å²) in [6.45, 7) is 2.96. The minimum Gasteiger partial charge on any atom is -0.493 e. The number of benzene rings is 1. The van der Waals surface area contributed by atoms with Crippen molar-refractivity contribution in [3.63, 3.8) is 0 Å². The van der Waals surface area contributed by atoms with Crippen molar-refractivity contribution < 1.29 is 14.3 Å². The van der Waals surface area contributed by atoms with Gasteiger partial charge in [0.25, 0.3) is 0 Å². The Morgan fingerprint density at radius 2 is 1.92 bits per heavy atom. The molecule has 0 bridgehead atoms. The minimum absolute atomic E-state index is 0.208. The normalized spacial score (nSPS) is 23.1. The Balaban J connectivity index is 1.43. The molecule has 25 heavy (non-hydrogen) atoms. The summed E-state index contributed by atoms with van der Waals surface area (Å²) in [5.74, 6) is 1.03. The van der Waals surface area contributed by atoms with E-state index in [0.29, 0.717) is 19.1 Å². The van der Waals surface area contributed by atoms with Gasteiger partial charge < -0.3 is 14.4 Å². The summed E-state index contributed by atoms with van der Waals surface area (Å²) in [5, 5.41) is 0. The zero-order valence-electron chi connectivity index (χ0n) is 15.4. The molecule has 5 heteroatoms. The average molecular weight is 346 g/mol. The van der Waals surface area contributed by atoms with Gasteiger partial charge >= 0.3 is 0 Å². The van der Waals surface area contributed by atoms with E-state index in [9.17, 15) is 4.79 Å². The van der Waals surface area contributed by atoms with E-state index in [4.69, 9.17) is 9.47 Å². The van der Waals surface area contributed by atoms with E-state index >= 15 is 0 Å². The van der Waals surface area contributed by atoms with Crippen molar-refractivity contribution in [3.8, 4) is 5.75 Å². The van der Waals surface area contributed by atoms with Gasteiger partial charge in [-0.3, -0.25) is 9.69 Å². The molecule has 0 aromatic heterocycles. The second kappa shape index (κ2) is 8.19. The van der Waals surface area contributed by atoms with Gasteiger partial charge in [0.1, 0.15) is 5.75 Å². The Bertz CT molecular complexity index is 555. The lowest BCUT2D eigenvalue weighted by Gasteiger charge is -2.45. The van der Waals surface area contributed by atoms with E-state index in [0.717, 1.165) is 38.3 Å². The summed E-state index contributed by atoms with van der Waals surface area (Å²) >= 11 is 0. The highest BCUT2D eigenvalue weighted by molar-refractivity contribution is 5.76. The van der Waals surface area contributed by atoms with E-state index in [1.54, 1.807) is 7.11 Å². The molecule has 1 spiro atoms.